The number of aliphatic hydroxyl groups is 2. The number of hydrogen-bond acceptors (Lipinski definition) is 7. The summed E-state index contributed by atoms with van der Waals surface area (Å²) in [5, 5.41) is 26.8. The van der Waals surface area contributed by atoms with E-state index in [1.807, 2.05) is 61.1 Å². The zero-order valence-electron chi connectivity index (χ0n) is 21.7. The van der Waals surface area contributed by atoms with Gasteiger partial charge in [-0.1, -0.05) is 17.7 Å². The van der Waals surface area contributed by atoms with Crippen molar-refractivity contribution in [1.29, 1.82) is 0 Å². The third-order valence-corrected chi connectivity index (χ3v) is 7.31. The Morgan fingerprint density at radius 2 is 1.92 bits per heavy atom. The van der Waals surface area contributed by atoms with E-state index < -0.39 is 11.7 Å². The quantitative estimate of drug-likeness (QED) is 0.363. The van der Waals surface area contributed by atoms with Crippen molar-refractivity contribution < 1.29 is 24.4 Å². The average Bonchev–Trinajstić information content (AvgIpc) is 3.40. The number of ether oxygens (including phenoxy) is 3. The minimum absolute atomic E-state index is 0.0141. The van der Waals surface area contributed by atoms with Crippen LogP contribution in [-0.2, 0) is 13.1 Å². The van der Waals surface area contributed by atoms with Gasteiger partial charge >= 0.3 is 0 Å². The van der Waals surface area contributed by atoms with Gasteiger partial charge in [-0.2, -0.15) is 5.10 Å². The molecule has 2 aromatic carbocycles. The fourth-order valence-electron chi connectivity index (χ4n) is 4.65. The molecule has 1 fully saturated rings. The number of likely N-dealkylation sites (tertiary alicyclic amines) is 1. The van der Waals surface area contributed by atoms with E-state index in [1.54, 1.807) is 13.3 Å². The Morgan fingerprint density at radius 1 is 1.14 bits per heavy atom. The van der Waals surface area contributed by atoms with Crippen LogP contribution >= 0.6 is 11.6 Å². The molecule has 8 nitrogen and oxygen atoms in total. The van der Waals surface area contributed by atoms with Crippen molar-refractivity contribution in [1.82, 2.24) is 14.7 Å². The number of β-amino-alcohol motifs (C(OH)–C–C–N with tert-alkyl or cyclic N) is 1. The van der Waals surface area contributed by atoms with Crippen LogP contribution in [-0.4, -0.2) is 70.0 Å². The predicted octanol–water partition coefficient (Wildman–Crippen LogP) is 4.01. The number of aliphatic hydroxyl groups excluding tert-OH is 1. The predicted molar refractivity (Wildman–Crippen MR) is 143 cm³/mol. The van der Waals surface area contributed by atoms with Crippen LogP contribution in [0.25, 0.3) is 0 Å². The van der Waals surface area contributed by atoms with Crippen LogP contribution in [0.3, 0.4) is 0 Å². The van der Waals surface area contributed by atoms with Crippen LogP contribution in [0.1, 0.15) is 29.5 Å². The second-order valence-corrected chi connectivity index (χ2v) is 10.1. The van der Waals surface area contributed by atoms with E-state index in [2.05, 4.69) is 10.00 Å². The summed E-state index contributed by atoms with van der Waals surface area (Å²) in [4.78, 5) is 2.12. The lowest BCUT2D eigenvalue weighted by Gasteiger charge is -2.42. The third kappa shape index (κ3) is 6.96. The number of piperidine rings is 1. The number of aryl methyl sites for hydroxylation is 3. The van der Waals surface area contributed by atoms with Gasteiger partial charge in [0.25, 0.3) is 0 Å². The first kappa shape index (κ1) is 27.3. The molecule has 200 valence electrons. The van der Waals surface area contributed by atoms with Crippen molar-refractivity contribution in [2.24, 2.45) is 0 Å². The molecule has 1 aliphatic heterocycles. The van der Waals surface area contributed by atoms with E-state index in [1.165, 1.54) is 0 Å². The minimum atomic E-state index is -1.39. The Morgan fingerprint density at radius 3 is 2.62 bits per heavy atom. The molecule has 1 aromatic heterocycles. The van der Waals surface area contributed by atoms with E-state index in [9.17, 15) is 10.2 Å². The van der Waals surface area contributed by atoms with E-state index in [0.717, 1.165) is 29.7 Å². The summed E-state index contributed by atoms with van der Waals surface area (Å²) < 4.78 is 19.3. The van der Waals surface area contributed by atoms with Crippen LogP contribution in [0.2, 0.25) is 5.02 Å². The monoisotopic (exact) mass is 529 g/mol. The van der Waals surface area contributed by atoms with Crippen LogP contribution in [0.15, 0.2) is 48.8 Å². The summed E-state index contributed by atoms with van der Waals surface area (Å²) in [5.74, 6) is 1.99. The zero-order chi connectivity index (χ0) is 26.4. The molecule has 4 rings (SSSR count). The van der Waals surface area contributed by atoms with Crippen molar-refractivity contribution in [3.8, 4) is 17.2 Å². The van der Waals surface area contributed by atoms with Gasteiger partial charge < -0.3 is 24.4 Å². The van der Waals surface area contributed by atoms with Gasteiger partial charge in [0.2, 0.25) is 0 Å². The van der Waals surface area contributed by atoms with Crippen LogP contribution in [0.5, 0.6) is 17.2 Å². The number of hydrogen-bond donors (Lipinski definition) is 2. The van der Waals surface area contributed by atoms with E-state index in [-0.39, 0.29) is 13.2 Å². The maximum absolute atomic E-state index is 11.3. The van der Waals surface area contributed by atoms with Gasteiger partial charge in [-0.3, -0.25) is 9.58 Å². The molecule has 1 aliphatic rings. The van der Waals surface area contributed by atoms with Crippen molar-refractivity contribution in [3.05, 3.63) is 70.5 Å². The summed E-state index contributed by atoms with van der Waals surface area (Å²) in [6.07, 6.45) is 4.11. The first-order chi connectivity index (χ1) is 17.8. The Bertz CT molecular complexity index is 1150. The second-order valence-electron chi connectivity index (χ2n) is 9.73. The number of aromatic nitrogens is 2. The molecule has 3 aromatic rings. The van der Waals surface area contributed by atoms with Gasteiger partial charge in [-0.25, -0.2) is 0 Å². The first-order valence-corrected chi connectivity index (χ1v) is 12.9. The lowest BCUT2D eigenvalue weighted by molar-refractivity contribution is -0.140. The van der Waals surface area contributed by atoms with Gasteiger partial charge in [0.1, 0.15) is 18.0 Å². The molecule has 2 atom stereocenters. The number of rotatable bonds is 11. The lowest BCUT2D eigenvalue weighted by Crippen LogP contribution is -2.59. The zero-order valence-corrected chi connectivity index (χ0v) is 22.4. The fourth-order valence-corrected chi connectivity index (χ4v) is 4.76. The van der Waals surface area contributed by atoms with Gasteiger partial charge in [-0.05, 0) is 67.3 Å². The molecule has 37 heavy (non-hydrogen) atoms. The normalized spacial score (nSPS) is 20.1. The van der Waals surface area contributed by atoms with Gasteiger partial charge in [0, 0.05) is 50.0 Å². The molecule has 0 saturated carbocycles. The maximum Gasteiger partial charge on any atom is 0.161 e. The maximum atomic E-state index is 11.3. The molecule has 0 radical (unpaired) electrons. The number of nitrogens with zero attached hydrogens (tertiary/aromatic N) is 3. The van der Waals surface area contributed by atoms with Crippen molar-refractivity contribution >= 4 is 11.6 Å². The molecule has 0 spiro atoms. The van der Waals surface area contributed by atoms with E-state index in [0.29, 0.717) is 48.4 Å². The molecule has 9 heteroatoms. The highest BCUT2D eigenvalue weighted by Crippen LogP contribution is 2.31. The number of halogens is 1. The first-order valence-electron chi connectivity index (χ1n) is 12.6. The van der Waals surface area contributed by atoms with Crippen LogP contribution in [0.4, 0.5) is 0 Å². The second kappa shape index (κ2) is 12.2. The Balaban J connectivity index is 1.34. The molecule has 0 bridgehead atoms. The number of benzene rings is 2. The standard InChI is InChI=1S/C28H36ClN3O5/c1-20-14-23(15-21(2)27(20)29)37-19-28(34)18-31(12-8-26(28)33)17-22-6-7-24(25(16-22)35-3)36-13-5-11-32-10-4-9-30-32/h4,6-7,9-10,14-16,26,33-34H,5,8,11-13,17-19H2,1-3H3/t26-,28-/m0/s1. The summed E-state index contributed by atoms with van der Waals surface area (Å²) >= 11 is 6.26. The molecule has 0 aliphatic carbocycles. The minimum Gasteiger partial charge on any atom is -0.493 e. The molecular weight excluding hydrogens is 494 g/mol. The molecule has 2 N–H and O–H groups in total. The van der Waals surface area contributed by atoms with E-state index >= 15 is 0 Å². The summed E-state index contributed by atoms with van der Waals surface area (Å²) in [5.41, 5.74) is 1.47. The van der Waals surface area contributed by atoms with Crippen molar-refractivity contribution in [2.75, 3.05) is 33.4 Å². The molecular formula is C28H36ClN3O5. The Labute approximate surface area is 223 Å². The number of methoxy groups -OCH3 is 1. The lowest BCUT2D eigenvalue weighted by atomic mass is 9.90. The van der Waals surface area contributed by atoms with E-state index in [4.69, 9.17) is 25.8 Å². The van der Waals surface area contributed by atoms with Crippen molar-refractivity contribution in [3.63, 3.8) is 0 Å². The third-order valence-electron chi connectivity index (χ3n) is 6.72. The summed E-state index contributed by atoms with van der Waals surface area (Å²) in [6.45, 7) is 6.71. The highest BCUT2D eigenvalue weighted by atomic mass is 35.5. The van der Waals surface area contributed by atoms with Gasteiger partial charge in [-0.15, -0.1) is 0 Å². The summed E-state index contributed by atoms with van der Waals surface area (Å²) in [7, 11) is 1.63. The van der Waals surface area contributed by atoms with Crippen LogP contribution < -0.4 is 14.2 Å². The van der Waals surface area contributed by atoms with Crippen LogP contribution in [0, 0.1) is 13.8 Å². The average molecular weight is 530 g/mol. The smallest absolute Gasteiger partial charge is 0.161 e. The Kier molecular flexibility index (Phi) is 8.97. The Hall–Kier alpha value is -2.78. The molecule has 1 saturated heterocycles. The summed E-state index contributed by atoms with van der Waals surface area (Å²) in [6, 6.07) is 11.5. The highest BCUT2D eigenvalue weighted by molar-refractivity contribution is 6.32. The largest absolute Gasteiger partial charge is 0.493 e. The molecule has 0 unspecified atom stereocenters. The fraction of sp³-hybridized carbons (Fsp3) is 0.464. The highest BCUT2D eigenvalue weighted by Gasteiger charge is 2.42. The van der Waals surface area contributed by atoms with Gasteiger partial charge in [0.15, 0.2) is 11.5 Å². The van der Waals surface area contributed by atoms with Gasteiger partial charge in [0.05, 0.1) is 19.8 Å². The molecule has 0 amide bonds. The topological polar surface area (TPSA) is 89.2 Å². The molecule has 2 heterocycles. The van der Waals surface area contributed by atoms with Crippen molar-refractivity contribution in [2.45, 2.75) is 51.5 Å². The SMILES string of the molecule is COc1cc(CN2CC[C@H](O)[C@@](O)(COc3cc(C)c(Cl)c(C)c3)C2)ccc1OCCCn1cccn1.